The SMILES string of the molecule is CCC(CCS(C)(=O)=O)N1C(=O)C(CC(=O)O)C[C@H](c2cccc(Cl)c2)C1c1ccc(Cl)cc1. The molecule has 2 aromatic carbocycles. The van der Waals surface area contributed by atoms with Crippen molar-refractivity contribution in [2.75, 3.05) is 12.0 Å². The molecule has 1 fully saturated rings. The van der Waals surface area contributed by atoms with Gasteiger partial charge in [0.15, 0.2) is 0 Å². The maximum absolute atomic E-state index is 13.7. The van der Waals surface area contributed by atoms with Crippen LogP contribution in [0.1, 0.15) is 55.7 Å². The second-order valence-electron chi connectivity index (χ2n) is 8.91. The van der Waals surface area contributed by atoms with E-state index in [0.717, 1.165) is 11.1 Å². The highest BCUT2D eigenvalue weighted by atomic mass is 35.5. The predicted molar refractivity (Wildman–Crippen MR) is 134 cm³/mol. The molecule has 0 aromatic heterocycles. The van der Waals surface area contributed by atoms with Crippen LogP contribution in [-0.2, 0) is 19.4 Å². The Morgan fingerprint density at radius 2 is 1.79 bits per heavy atom. The van der Waals surface area contributed by atoms with Crippen molar-refractivity contribution < 1.29 is 23.1 Å². The summed E-state index contributed by atoms with van der Waals surface area (Å²) in [4.78, 5) is 27.1. The highest BCUT2D eigenvalue weighted by Gasteiger charge is 2.46. The van der Waals surface area contributed by atoms with Crippen LogP contribution in [0.15, 0.2) is 48.5 Å². The van der Waals surface area contributed by atoms with Gasteiger partial charge in [0.2, 0.25) is 5.91 Å². The summed E-state index contributed by atoms with van der Waals surface area (Å²) in [6, 6.07) is 13.8. The number of nitrogens with zero attached hydrogens (tertiary/aromatic N) is 1. The molecule has 1 heterocycles. The molecule has 0 bridgehead atoms. The fraction of sp³-hybridized carbons (Fsp3) is 0.440. The lowest BCUT2D eigenvalue weighted by Gasteiger charge is -2.48. The van der Waals surface area contributed by atoms with Crippen LogP contribution in [0.25, 0.3) is 0 Å². The topological polar surface area (TPSA) is 91.8 Å². The van der Waals surface area contributed by atoms with E-state index >= 15 is 0 Å². The van der Waals surface area contributed by atoms with E-state index in [0.29, 0.717) is 22.9 Å². The fourth-order valence-electron chi connectivity index (χ4n) is 4.86. The number of likely N-dealkylation sites (tertiary alicyclic amines) is 1. The van der Waals surface area contributed by atoms with E-state index in [1.807, 2.05) is 37.3 Å². The number of halogens is 2. The van der Waals surface area contributed by atoms with E-state index in [-0.39, 0.29) is 36.5 Å². The molecular weight excluding hydrogens is 497 g/mol. The standard InChI is InChI=1S/C25H29Cl2NO5S/c1-3-21(11-12-34(2,32)33)28-24(16-7-9-19(26)10-8-16)22(17-5-4-6-20(27)13-17)14-18(25(28)31)15-23(29)30/h4-10,13,18,21-22,24H,3,11-12,14-15H2,1-2H3,(H,29,30)/t18?,21?,22-,24?/m1/s1. The molecule has 3 unspecified atom stereocenters. The number of piperidine rings is 1. The van der Waals surface area contributed by atoms with Crippen molar-refractivity contribution >= 4 is 44.9 Å². The van der Waals surface area contributed by atoms with Crippen LogP contribution < -0.4 is 0 Å². The highest BCUT2D eigenvalue weighted by Crippen LogP contribution is 2.48. The molecule has 34 heavy (non-hydrogen) atoms. The minimum Gasteiger partial charge on any atom is -0.481 e. The minimum atomic E-state index is -3.24. The molecule has 1 aliphatic heterocycles. The summed E-state index contributed by atoms with van der Waals surface area (Å²) in [7, 11) is -3.24. The number of rotatable bonds is 9. The first-order valence-corrected chi connectivity index (χ1v) is 14.0. The van der Waals surface area contributed by atoms with Gasteiger partial charge in [-0.05, 0) is 54.7 Å². The Morgan fingerprint density at radius 1 is 1.12 bits per heavy atom. The number of carboxylic acid groups (broad SMARTS) is 1. The Bertz CT molecular complexity index is 1140. The summed E-state index contributed by atoms with van der Waals surface area (Å²) in [5.41, 5.74) is 1.76. The second-order valence-corrected chi connectivity index (χ2v) is 12.0. The van der Waals surface area contributed by atoms with Gasteiger partial charge in [-0.1, -0.05) is 54.4 Å². The van der Waals surface area contributed by atoms with Crippen molar-refractivity contribution in [2.45, 2.75) is 50.6 Å². The van der Waals surface area contributed by atoms with Crippen LogP contribution >= 0.6 is 23.2 Å². The van der Waals surface area contributed by atoms with Crippen molar-refractivity contribution in [1.82, 2.24) is 4.90 Å². The molecule has 4 atom stereocenters. The molecule has 0 aliphatic carbocycles. The summed E-state index contributed by atoms with van der Waals surface area (Å²) in [6.45, 7) is 1.91. The number of amides is 1. The monoisotopic (exact) mass is 525 g/mol. The number of hydrogen-bond acceptors (Lipinski definition) is 4. The Labute approximate surface area is 210 Å². The summed E-state index contributed by atoms with van der Waals surface area (Å²) < 4.78 is 23.9. The van der Waals surface area contributed by atoms with Crippen LogP contribution in [0, 0.1) is 5.92 Å². The van der Waals surface area contributed by atoms with E-state index in [1.54, 1.807) is 23.1 Å². The Morgan fingerprint density at radius 3 is 2.35 bits per heavy atom. The maximum atomic E-state index is 13.7. The van der Waals surface area contributed by atoms with Crippen LogP contribution in [-0.4, -0.2) is 48.4 Å². The first kappa shape index (κ1) is 26.5. The van der Waals surface area contributed by atoms with Crippen molar-refractivity contribution in [3.05, 3.63) is 69.7 Å². The molecule has 0 saturated carbocycles. The largest absolute Gasteiger partial charge is 0.481 e. The maximum Gasteiger partial charge on any atom is 0.304 e. The predicted octanol–water partition coefficient (Wildman–Crippen LogP) is 5.35. The van der Waals surface area contributed by atoms with E-state index in [4.69, 9.17) is 23.2 Å². The van der Waals surface area contributed by atoms with Gasteiger partial charge in [-0.3, -0.25) is 9.59 Å². The van der Waals surface area contributed by atoms with Gasteiger partial charge in [-0.15, -0.1) is 0 Å². The first-order valence-electron chi connectivity index (χ1n) is 11.2. The van der Waals surface area contributed by atoms with Gasteiger partial charge < -0.3 is 10.0 Å². The molecule has 184 valence electrons. The van der Waals surface area contributed by atoms with Gasteiger partial charge in [0.1, 0.15) is 9.84 Å². The van der Waals surface area contributed by atoms with Crippen LogP contribution in [0.4, 0.5) is 0 Å². The number of carboxylic acids is 1. The molecule has 6 nitrogen and oxygen atoms in total. The van der Waals surface area contributed by atoms with Gasteiger partial charge in [-0.2, -0.15) is 0 Å². The molecule has 1 saturated heterocycles. The average Bonchev–Trinajstić information content (AvgIpc) is 2.76. The molecule has 0 spiro atoms. The zero-order valence-electron chi connectivity index (χ0n) is 19.2. The second kappa shape index (κ2) is 11.1. The van der Waals surface area contributed by atoms with Gasteiger partial charge in [0.05, 0.1) is 18.2 Å². The summed E-state index contributed by atoms with van der Waals surface area (Å²) in [5.74, 6) is -2.32. The lowest BCUT2D eigenvalue weighted by Crippen LogP contribution is -2.52. The number of benzene rings is 2. The van der Waals surface area contributed by atoms with E-state index in [9.17, 15) is 23.1 Å². The van der Waals surface area contributed by atoms with E-state index in [1.165, 1.54) is 6.26 Å². The lowest BCUT2D eigenvalue weighted by atomic mass is 9.74. The lowest BCUT2D eigenvalue weighted by molar-refractivity contribution is -0.152. The Kier molecular flexibility index (Phi) is 8.66. The van der Waals surface area contributed by atoms with Crippen LogP contribution in [0.5, 0.6) is 0 Å². The number of carbonyl (C=O) groups excluding carboxylic acids is 1. The molecule has 0 radical (unpaired) electrons. The van der Waals surface area contributed by atoms with Crippen LogP contribution in [0.2, 0.25) is 10.0 Å². The summed E-state index contributed by atoms with van der Waals surface area (Å²) in [6.07, 6.45) is 2.04. The summed E-state index contributed by atoms with van der Waals surface area (Å²) in [5, 5.41) is 10.6. The quantitative estimate of drug-likeness (QED) is 0.475. The zero-order chi connectivity index (χ0) is 25.0. The number of sulfone groups is 1. The van der Waals surface area contributed by atoms with E-state index in [2.05, 4.69) is 0 Å². The smallest absolute Gasteiger partial charge is 0.304 e. The molecule has 1 aliphatic rings. The minimum absolute atomic E-state index is 0.0615. The summed E-state index contributed by atoms with van der Waals surface area (Å²) >= 11 is 12.4. The number of carbonyl (C=O) groups is 2. The molecule has 2 aromatic rings. The van der Waals surface area contributed by atoms with Crippen molar-refractivity contribution in [3.63, 3.8) is 0 Å². The van der Waals surface area contributed by atoms with Gasteiger partial charge in [0, 0.05) is 34.2 Å². The van der Waals surface area contributed by atoms with Crippen molar-refractivity contribution in [3.8, 4) is 0 Å². The Hall–Kier alpha value is -2.09. The van der Waals surface area contributed by atoms with Crippen molar-refractivity contribution in [1.29, 1.82) is 0 Å². The van der Waals surface area contributed by atoms with Gasteiger partial charge in [-0.25, -0.2) is 8.42 Å². The van der Waals surface area contributed by atoms with Gasteiger partial charge in [0.25, 0.3) is 0 Å². The molecular formula is C25H29Cl2NO5S. The molecule has 3 rings (SSSR count). The van der Waals surface area contributed by atoms with Crippen LogP contribution in [0.3, 0.4) is 0 Å². The highest BCUT2D eigenvalue weighted by molar-refractivity contribution is 7.90. The number of hydrogen-bond donors (Lipinski definition) is 1. The number of aliphatic carboxylic acids is 1. The molecule has 1 N–H and O–H groups in total. The third kappa shape index (κ3) is 6.52. The zero-order valence-corrected chi connectivity index (χ0v) is 21.5. The molecule has 9 heteroatoms. The third-order valence-corrected chi connectivity index (χ3v) is 7.88. The van der Waals surface area contributed by atoms with E-state index < -0.39 is 27.8 Å². The first-order chi connectivity index (χ1) is 16.0. The van der Waals surface area contributed by atoms with Gasteiger partial charge >= 0.3 is 5.97 Å². The third-order valence-electron chi connectivity index (χ3n) is 6.42. The Balaban J connectivity index is 2.16. The molecule has 1 amide bonds. The normalized spacial score (nSPS) is 21.9. The van der Waals surface area contributed by atoms with Crippen molar-refractivity contribution in [2.24, 2.45) is 5.92 Å². The average molecular weight is 526 g/mol. The fourth-order valence-corrected chi connectivity index (χ4v) is 5.89.